The van der Waals surface area contributed by atoms with Crippen molar-refractivity contribution < 1.29 is 5.11 Å². The Morgan fingerprint density at radius 3 is 2.88 bits per heavy atom. The zero-order chi connectivity index (χ0) is 17.1. The molecule has 7 heteroatoms. The standard InChI is InChI=1S/C17H22ClN5O/c1-12(13(2)23-7-3-6-20-23)19-11-17-21-15-10-14(18)4-5-16(15)22(17)8-9-24/h3-7,10,12-13,19,24H,8-9,11H2,1-2H3/t12-,13-/m0/s1. The molecule has 0 aliphatic rings. The molecule has 24 heavy (non-hydrogen) atoms. The van der Waals surface area contributed by atoms with E-state index in [0.717, 1.165) is 16.9 Å². The Labute approximate surface area is 146 Å². The van der Waals surface area contributed by atoms with Crippen LogP contribution in [0.25, 0.3) is 11.0 Å². The summed E-state index contributed by atoms with van der Waals surface area (Å²) in [7, 11) is 0. The number of imidazole rings is 1. The molecule has 0 amide bonds. The van der Waals surface area contributed by atoms with E-state index >= 15 is 0 Å². The van der Waals surface area contributed by atoms with Crippen molar-refractivity contribution in [2.45, 2.75) is 39.0 Å². The summed E-state index contributed by atoms with van der Waals surface area (Å²) in [6, 6.07) is 8.01. The molecule has 2 heterocycles. The zero-order valence-corrected chi connectivity index (χ0v) is 14.6. The number of nitrogens with one attached hydrogen (secondary N) is 1. The molecule has 128 valence electrons. The summed E-state index contributed by atoms with van der Waals surface area (Å²) in [6.45, 7) is 5.45. The van der Waals surface area contributed by atoms with Gasteiger partial charge in [-0.05, 0) is 38.1 Å². The third kappa shape index (κ3) is 3.45. The van der Waals surface area contributed by atoms with E-state index in [0.29, 0.717) is 18.1 Å². The van der Waals surface area contributed by atoms with Crippen molar-refractivity contribution in [2.75, 3.05) is 6.61 Å². The number of nitrogens with zero attached hydrogens (tertiary/aromatic N) is 4. The molecular formula is C17H22ClN5O. The first kappa shape index (κ1) is 17.0. The third-order valence-electron chi connectivity index (χ3n) is 4.36. The van der Waals surface area contributed by atoms with Crippen LogP contribution in [0.1, 0.15) is 25.7 Å². The van der Waals surface area contributed by atoms with Crippen molar-refractivity contribution in [1.82, 2.24) is 24.6 Å². The fourth-order valence-corrected chi connectivity index (χ4v) is 2.98. The summed E-state index contributed by atoms with van der Waals surface area (Å²) < 4.78 is 3.97. The van der Waals surface area contributed by atoms with Gasteiger partial charge in [0.05, 0.1) is 30.2 Å². The van der Waals surface area contributed by atoms with Gasteiger partial charge < -0.3 is 15.0 Å². The predicted molar refractivity (Wildman–Crippen MR) is 95.1 cm³/mol. The molecule has 0 aliphatic heterocycles. The smallest absolute Gasteiger partial charge is 0.123 e. The second-order valence-corrected chi connectivity index (χ2v) is 6.37. The first-order valence-corrected chi connectivity index (χ1v) is 8.46. The maximum absolute atomic E-state index is 9.36. The Bertz CT molecular complexity index is 799. The van der Waals surface area contributed by atoms with Gasteiger partial charge in [0.25, 0.3) is 0 Å². The van der Waals surface area contributed by atoms with E-state index < -0.39 is 0 Å². The number of hydrogen-bond acceptors (Lipinski definition) is 4. The van der Waals surface area contributed by atoms with Crippen LogP contribution >= 0.6 is 11.6 Å². The van der Waals surface area contributed by atoms with E-state index in [1.807, 2.05) is 39.7 Å². The normalized spacial score (nSPS) is 14.2. The molecule has 0 bridgehead atoms. The Kier molecular flexibility index (Phi) is 5.18. The van der Waals surface area contributed by atoms with Crippen molar-refractivity contribution in [3.05, 3.63) is 47.5 Å². The number of aliphatic hydroxyl groups excluding tert-OH is 1. The Morgan fingerprint density at radius 2 is 2.17 bits per heavy atom. The fourth-order valence-electron chi connectivity index (χ4n) is 2.81. The third-order valence-corrected chi connectivity index (χ3v) is 4.60. The van der Waals surface area contributed by atoms with Gasteiger partial charge in [0.2, 0.25) is 0 Å². The molecule has 2 atom stereocenters. The molecule has 0 saturated carbocycles. The number of halogens is 1. The lowest BCUT2D eigenvalue weighted by Crippen LogP contribution is -2.34. The molecule has 0 saturated heterocycles. The van der Waals surface area contributed by atoms with Crippen molar-refractivity contribution in [1.29, 1.82) is 0 Å². The van der Waals surface area contributed by atoms with Gasteiger partial charge in [0.15, 0.2) is 0 Å². The minimum Gasteiger partial charge on any atom is -0.395 e. The van der Waals surface area contributed by atoms with Gasteiger partial charge in [-0.2, -0.15) is 5.10 Å². The van der Waals surface area contributed by atoms with Crippen LogP contribution in [-0.4, -0.2) is 37.1 Å². The van der Waals surface area contributed by atoms with Gasteiger partial charge in [0.1, 0.15) is 5.82 Å². The van der Waals surface area contributed by atoms with Crippen molar-refractivity contribution in [3.8, 4) is 0 Å². The molecule has 2 aromatic heterocycles. The number of hydrogen-bond donors (Lipinski definition) is 2. The van der Waals surface area contributed by atoms with E-state index in [9.17, 15) is 5.11 Å². The van der Waals surface area contributed by atoms with Crippen LogP contribution in [0, 0.1) is 0 Å². The molecule has 1 aromatic carbocycles. The van der Waals surface area contributed by atoms with Crippen LogP contribution in [0.2, 0.25) is 5.02 Å². The Morgan fingerprint density at radius 1 is 1.33 bits per heavy atom. The minimum absolute atomic E-state index is 0.0698. The molecule has 0 aliphatic carbocycles. The minimum atomic E-state index is 0.0698. The number of benzene rings is 1. The van der Waals surface area contributed by atoms with Gasteiger partial charge in [-0.25, -0.2) is 4.98 Å². The van der Waals surface area contributed by atoms with Crippen LogP contribution < -0.4 is 5.32 Å². The van der Waals surface area contributed by atoms with Crippen LogP contribution in [0.5, 0.6) is 0 Å². The predicted octanol–water partition coefficient (Wildman–Crippen LogP) is 2.62. The average molecular weight is 348 g/mol. The summed E-state index contributed by atoms with van der Waals surface area (Å²) in [5.74, 6) is 0.890. The number of aromatic nitrogens is 4. The van der Waals surface area contributed by atoms with Gasteiger partial charge in [-0.3, -0.25) is 4.68 Å². The maximum atomic E-state index is 9.36. The monoisotopic (exact) mass is 347 g/mol. The van der Waals surface area contributed by atoms with E-state index in [-0.39, 0.29) is 18.7 Å². The molecule has 3 rings (SSSR count). The highest BCUT2D eigenvalue weighted by atomic mass is 35.5. The fraction of sp³-hybridized carbons (Fsp3) is 0.412. The lowest BCUT2D eigenvalue weighted by Gasteiger charge is -2.22. The second kappa shape index (κ2) is 7.34. The molecule has 0 radical (unpaired) electrons. The summed E-state index contributed by atoms with van der Waals surface area (Å²) >= 11 is 6.06. The lowest BCUT2D eigenvalue weighted by molar-refractivity contribution is 0.274. The molecule has 0 spiro atoms. The molecule has 3 aromatic rings. The van der Waals surface area contributed by atoms with E-state index in [4.69, 9.17) is 11.6 Å². The van der Waals surface area contributed by atoms with Crippen LogP contribution in [-0.2, 0) is 13.1 Å². The van der Waals surface area contributed by atoms with Crippen molar-refractivity contribution in [3.63, 3.8) is 0 Å². The number of fused-ring (bicyclic) bond motifs is 1. The average Bonchev–Trinajstić information content (AvgIpc) is 3.20. The quantitative estimate of drug-likeness (QED) is 0.689. The van der Waals surface area contributed by atoms with Crippen LogP contribution in [0.3, 0.4) is 0 Å². The Balaban J connectivity index is 1.77. The van der Waals surface area contributed by atoms with Gasteiger partial charge in [-0.1, -0.05) is 11.6 Å². The molecule has 2 N–H and O–H groups in total. The summed E-state index contributed by atoms with van der Waals surface area (Å²) in [4.78, 5) is 4.67. The lowest BCUT2D eigenvalue weighted by atomic mass is 10.2. The molecule has 6 nitrogen and oxygen atoms in total. The van der Waals surface area contributed by atoms with Gasteiger partial charge in [-0.15, -0.1) is 0 Å². The zero-order valence-electron chi connectivity index (χ0n) is 13.9. The summed E-state index contributed by atoms with van der Waals surface area (Å²) in [5.41, 5.74) is 1.83. The summed E-state index contributed by atoms with van der Waals surface area (Å²) in [6.07, 6.45) is 3.75. The second-order valence-electron chi connectivity index (χ2n) is 5.93. The maximum Gasteiger partial charge on any atom is 0.123 e. The highest BCUT2D eigenvalue weighted by Gasteiger charge is 2.16. The van der Waals surface area contributed by atoms with E-state index in [1.165, 1.54) is 0 Å². The van der Waals surface area contributed by atoms with Crippen molar-refractivity contribution in [2.24, 2.45) is 0 Å². The first-order chi connectivity index (χ1) is 11.6. The number of aliphatic hydroxyl groups is 1. The van der Waals surface area contributed by atoms with Gasteiger partial charge >= 0.3 is 0 Å². The highest BCUT2D eigenvalue weighted by molar-refractivity contribution is 6.31. The van der Waals surface area contributed by atoms with Crippen molar-refractivity contribution >= 4 is 22.6 Å². The van der Waals surface area contributed by atoms with E-state index in [2.05, 4.69) is 29.2 Å². The topological polar surface area (TPSA) is 67.9 Å². The SMILES string of the molecule is C[C@H](NCc1nc2cc(Cl)ccc2n1CCO)[C@H](C)n1cccn1. The molecule has 0 unspecified atom stereocenters. The molecular weight excluding hydrogens is 326 g/mol. The van der Waals surface area contributed by atoms with Crippen LogP contribution in [0.15, 0.2) is 36.7 Å². The van der Waals surface area contributed by atoms with Crippen LogP contribution in [0.4, 0.5) is 0 Å². The largest absolute Gasteiger partial charge is 0.395 e. The first-order valence-electron chi connectivity index (χ1n) is 8.08. The van der Waals surface area contributed by atoms with E-state index in [1.54, 1.807) is 6.20 Å². The number of rotatable bonds is 7. The Hall–Kier alpha value is -1.89. The molecule has 0 fully saturated rings. The highest BCUT2D eigenvalue weighted by Crippen LogP contribution is 2.21. The summed E-state index contributed by atoms with van der Waals surface area (Å²) in [5, 5.41) is 17.8. The van der Waals surface area contributed by atoms with Gasteiger partial charge in [0, 0.05) is 30.0 Å².